The van der Waals surface area contributed by atoms with Crippen molar-refractivity contribution in [1.29, 1.82) is 0 Å². The first-order chi connectivity index (χ1) is 12.5. The van der Waals surface area contributed by atoms with Gasteiger partial charge in [0.15, 0.2) is 0 Å². The van der Waals surface area contributed by atoms with Gasteiger partial charge in [-0.05, 0) is 29.7 Å². The molecule has 0 aliphatic carbocycles. The molecule has 0 heterocycles. The Morgan fingerprint density at radius 2 is 1.62 bits per heavy atom. The fourth-order valence-electron chi connectivity index (χ4n) is 2.56. The molecule has 0 aromatic heterocycles. The quantitative estimate of drug-likeness (QED) is 0.803. The van der Waals surface area contributed by atoms with Crippen molar-refractivity contribution < 1.29 is 23.9 Å². The number of methoxy groups -OCH3 is 2. The van der Waals surface area contributed by atoms with Gasteiger partial charge in [0.25, 0.3) is 0 Å². The minimum atomic E-state index is -0.604. The molecule has 6 nitrogen and oxygen atoms in total. The van der Waals surface area contributed by atoms with Gasteiger partial charge in [-0.3, -0.25) is 4.79 Å². The number of esters is 2. The number of carbonyl (C=O) groups excluding carboxylic acids is 3. The summed E-state index contributed by atoms with van der Waals surface area (Å²) in [5.74, 6) is -1.43. The molecule has 0 spiro atoms. The Kier molecular flexibility index (Phi) is 6.49. The average Bonchev–Trinajstić information content (AvgIpc) is 2.67. The molecular formula is C20H21NO5. The van der Waals surface area contributed by atoms with Crippen LogP contribution in [0.25, 0.3) is 0 Å². The highest BCUT2D eigenvalue weighted by atomic mass is 16.5. The van der Waals surface area contributed by atoms with Crippen LogP contribution in [0.3, 0.4) is 0 Å². The SMILES string of the molecule is COC(=O)c1ccc(C(=O)OC)c(NC(=O)C[C@H](C)c2ccccc2)c1. The Morgan fingerprint density at radius 1 is 0.962 bits per heavy atom. The normalized spacial score (nSPS) is 11.3. The van der Waals surface area contributed by atoms with Gasteiger partial charge in [-0.2, -0.15) is 0 Å². The highest BCUT2D eigenvalue weighted by Crippen LogP contribution is 2.23. The third-order valence-corrected chi connectivity index (χ3v) is 3.98. The average molecular weight is 355 g/mol. The van der Waals surface area contributed by atoms with Gasteiger partial charge in [0.1, 0.15) is 0 Å². The van der Waals surface area contributed by atoms with E-state index in [1.54, 1.807) is 0 Å². The van der Waals surface area contributed by atoms with Gasteiger partial charge in [-0.25, -0.2) is 9.59 Å². The number of anilines is 1. The van der Waals surface area contributed by atoms with Gasteiger partial charge >= 0.3 is 11.9 Å². The molecule has 0 radical (unpaired) electrons. The van der Waals surface area contributed by atoms with E-state index in [0.717, 1.165) is 5.56 Å². The molecule has 0 saturated heterocycles. The van der Waals surface area contributed by atoms with E-state index in [1.807, 2.05) is 37.3 Å². The lowest BCUT2D eigenvalue weighted by atomic mass is 9.97. The van der Waals surface area contributed by atoms with Crippen LogP contribution in [-0.4, -0.2) is 32.1 Å². The summed E-state index contributed by atoms with van der Waals surface area (Å²) in [4.78, 5) is 36.1. The second-order valence-corrected chi connectivity index (χ2v) is 5.81. The van der Waals surface area contributed by atoms with Crippen LogP contribution in [0.5, 0.6) is 0 Å². The third-order valence-electron chi connectivity index (χ3n) is 3.98. The van der Waals surface area contributed by atoms with Crippen molar-refractivity contribution in [2.24, 2.45) is 0 Å². The van der Waals surface area contributed by atoms with Crippen LogP contribution in [-0.2, 0) is 14.3 Å². The molecule has 0 bridgehead atoms. The summed E-state index contributed by atoms with van der Waals surface area (Å²) < 4.78 is 9.41. The Balaban J connectivity index is 2.21. The lowest BCUT2D eigenvalue weighted by Gasteiger charge is -2.14. The van der Waals surface area contributed by atoms with Gasteiger partial charge in [-0.1, -0.05) is 37.3 Å². The molecule has 136 valence electrons. The van der Waals surface area contributed by atoms with Crippen molar-refractivity contribution in [2.75, 3.05) is 19.5 Å². The van der Waals surface area contributed by atoms with E-state index in [0.29, 0.717) is 0 Å². The van der Waals surface area contributed by atoms with Crippen LogP contribution in [0.1, 0.15) is 45.5 Å². The summed E-state index contributed by atoms with van der Waals surface area (Å²) in [6, 6.07) is 13.9. The summed E-state index contributed by atoms with van der Waals surface area (Å²) in [5, 5.41) is 2.70. The number of benzene rings is 2. The Bertz CT molecular complexity index is 801. The van der Waals surface area contributed by atoms with Crippen LogP contribution in [0.4, 0.5) is 5.69 Å². The molecule has 0 unspecified atom stereocenters. The topological polar surface area (TPSA) is 81.7 Å². The summed E-state index contributed by atoms with van der Waals surface area (Å²) in [6.07, 6.45) is 0.229. The van der Waals surface area contributed by atoms with E-state index in [2.05, 4.69) is 10.1 Å². The van der Waals surface area contributed by atoms with Crippen molar-refractivity contribution >= 4 is 23.5 Å². The number of carbonyl (C=O) groups is 3. The van der Waals surface area contributed by atoms with Crippen molar-refractivity contribution in [3.8, 4) is 0 Å². The van der Waals surface area contributed by atoms with E-state index in [9.17, 15) is 14.4 Å². The summed E-state index contributed by atoms with van der Waals surface area (Å²) in [7, 11) is 2.51. The molecular weight excluding hydrogens is 334 g/mol. The maximum absolute atomic E-state index is 12.4. The second kappa shape index (κ2) is 8.80. The monoisotopic (exact) mass is 355 g/mol. The van der Waals surface area contributed by atoms with Crippen LogP contribution < -0.4 is 5.32 Å². The number of nitrogens with one attached hydrogen (secondary N) is 1. The van der Waals surface area contributed by atoms with E-state index in [-0.39, 0.29) is 35.1 Å². The van der Waals surface area contributed by atoms with Crippen molar-refractivity contribution in [1.82, 2.24) is 0 Å². The lowest BCUT2D eigenvalue weighted by molar-refractivity contribution is -0.116. The summed E-state index contributed by atoms with van der Waals surface area (Å²) in [5.41, 5.74) is 1.65. The van der Waals surface area contributed by atoms with Crippen LogP contribution in [0.2, 0.25) is 0 Å². The smallest absolute Gasteiger partial charge is 0.339 e. The Hall–Kier alpha value is -3.15. The molecule has 0 aliphatic rings. The molecule has 6 heteroatoms. The zero-order valence-electron chi connectivity index (χ0n) is 14.9. The first-order valence-electron chi connectivity index (χ1n) is 8.11. The first-order valence-corrected chi connectivity index (χ1v) is 8.11. The predicted molar refractivity (Wildman–Crippen MR) is 97.2 cm³/mol. The number of hydrogen-bond acceptors (Lipinski definition) is 5. The Labute approximate surface area is 152 Å². The number of ether oxygens (including phenoxy) is 2. The zero-order chi connectivity index (χ0) is 19.1. The minimum absolute atomic E-state index is 0.00145. The van der Waals surface area contributed by atoms with E-state index in [4.69, 9.17) is 4.74 Å². The van der Waals surface area contributed by atoms with Crippen molar-refractivity contribution in [3.63, 3.8) is 0 Å². The molecule has 0 saturated carbocycles. The zero-order valence-corrected chi connectivity index (χ0v) is 14.9. The Morgan fingerprint density at radius 3 is 2.23 bits per heavy atom. The maximum atomic E-state index is 12.4. The lowest BCUT2D eigenvalue weighted by Crippen LogP contribution is -2.18. The second-order valence-electron chi connectivity index (χ2n) is 5.81. The molecule has 1 atom stereocenters. The van der Waals surface area contributed by atoms with Crippen molar-refractivity contribution in [3.05, 3.63) is 65.2 Å². The highest BCUT2D eigenvalue weighted by molar-refractivity contribution is 6.03. The number of amides is 1. The molecule has 1 N–H and O–H groups in total. The van der Waals surface area contributed by atoms with E-state index >= 15 is 0 Å². The maximum Gasteiger partial charge on any atom is 0.339 e. The molecule has 0 aliphatic heterocycles. The number of hydrogen-bond donors (Lipinski definition) is 1. The summed E-state index contributed by atoms with van der Waals surface area (Å²) in [6.45, 7) is 1.95. The van der Waals surface area contributed by atoms with E-state index in [1.165, 1.54) is 32.4 Å². The van der Waals surface area contributed by atoms with Gasteiger partial charge in [-0.15, -0.1) is 0 Å². The van der Waals surface area contributed by atoms with Gasteiger partial charge in [0.2, 0.25) is 5.91 Å². The first kappa shape index (κ1) is 19.2. The van der Waals surface area contributed by atoms with Gasteiger partial charge in [0.05, 0.1) is 31.0 Å². The van der Waals surface area contributed by atoms with Crippen LogP contribution in [0.15, 0.2) is 48.5 Å². The molecule has 26 heavy (non-hydrogen) atoms. The number of rotatable bonds is 6. The molecule has 0 fully saturated rings. The van der Waals surface area contributed by atoms with Gasteiger partial charge in [0, 0.05) is 6.42 Å². The van der Waals surface area contributed by atoms with Crippen LogP contribution in [0, 0.1) is 0 Å². The highest BCUT2D eigenvalue weighted by Gasteiger charge is 2.18. The van der Waals surface area contributed by atoms with Gasteiger partial charge < -0.3 is 14.8 Å². The molecule has 1 amide bonds. The fraction of sp³-hybridized carbons (Fsp3) is 0.250. The van der Waals surface area contributed by atoms with E-state index < -0.39 is 11.9 Å². The van der Waals surface area contributed by atoms with Crippen LogP contribution >= 0.6 is 0 Å². The molecule has 2 aromatic rings. The molecule has 2 aromatic carbocycles. The fourth-order valence-corrected chi connectivity index (χ4v) is 2.56. The standard InChI is InChI=1S/C20H21NO5/c1-13(14-7-5-4-6-8-14)11-18(22)21-17-12-15(19(23)25-2)9-10-16(17)20(24)26-3/h4-10,12-13H,11H2,1-3H3,(H,21,22)/t13-/m0/s1. The summed E-state index contributed by atoms with van der Waals surface area (Å²) >= 11 is 0. The molecule has 2 rings (SSSR count). The predicted octanol–water partition coefficient (Wildman–Crippen LogP) is 3.39. The minimum Gasteiger partial charge on any atom is -0.465 e. The van der Waals surface area contributed by atoms with Crippen molar-refractivity contribution in [2.45, 2.75) is 19.3 Å². The largest absolute Gasteiger partial charge is 0.465 e. The third kappa shape index (κ3) is 4.69.